The number of aromatic nitrogens is 2. The minimum absolute atomic E-state index is 0.00750. The van der Waals surface area contributed by atoms with Gasteiger partial charge in [-0.25, -0.2) is 4.98 Å². The molecule has 1 N–H and O–H groups in total. The zero-order valence-corrected chi connectivity index (χ0v) is 15.4. The lowest BCUT2D eigenvalue weighted by Gasteiger charge is -2.13. The number of fused-ring (bicyclic) bond motifs is 3. The highest BCUT2D eigenvalue weighted by atomic mass is 32.1. The number of benzene rings is 1. The number of aliphatic hydroxyl groups excluding tert-OH is 1. The fraction of sp³-hybridized carbons (Fsp3) is 0.368. The zero-order chi connectivity index (χ0) is 19.0. The van der Waals surface area contributed by atoms with Gasteiger partial charge in [0.25, 0.3) is 11.2 Å². The van der Waals surface area contributed by atoms with Gasteiger partial charge in [0.15, 0.2) is 0 Å². The van der Waals surface area contributed by atoms with Crippen LogP contribution in [0.4, 0.5) is 5.69 Å². The Kier molecular flexibility index (Phi) is 4.75. The van der Waals surface area contributed by atoms with Gasteiger partial charge >= 0.3 is 0 Å². The number of nitro benzene ring substituents is 1. The lowest BCUT2D eigenvalue weighted by Crippen LogP contribution is -2.24. The second-order valence-electron chi connectivity index (χ2n) is 6.81. The predicted octanol–water partition coefficient (Wildman–Crippen LogP) is 3.37. The summed E-state index contributed by atoms with van der Waals surface area (Å²) < 4.78 is 1.41. The molecule has 0 saturated carbocycles. The van der Waals surface area contributed by atoms with Crippen molar-refractivity contribution in [3.63, 3.8) is 0 Å². The molecule has 7 nitrogen and oxygen atoms in total. The van der Waals surface area contributed by atoms with Crippen LogP contribution < -0.4 is 5.56 Å². The van der Waals surface area contributed by atoms with Crippen LogP contribution >= 0.6 is 11.3 Å². The lowest BCUT2D eigenvalue weighted by molar-refractivity contribution is -0.385. The molecule has 0 saturated heterocycles. The van der Waals surface area contributed by atoms with Crippen LogP contribution in [0.5, 0.6) is 0 Å². The topological polar surface area (TPSA) is 98.3 Å². The second-order valence-corrected chi connectivity index (χ2v) is 7.90. The van der Waals surface area contributed by atoms with Crippen molar-refractivity contribution < 1.29 is 10.0 Å². The van der Waals surface area contributed by atoms with Crippen molar-refractivity contribution >= 4 is 27.2 Å². The van der Waals surface area contributed by atoms with Crippen LogP contribution in [0.1, 0.15) is 41.4 Å². The van der Waals surface area contributed by atoms with E-state index in [1.54, 1.807) is 17.4 Å². The van der Waals surface area contributed by atoms with E-state index in [-0.39, 0.29) is 17.8 Å². The molecular formula is C19H19N3O4S. The first-order valence-electron chi connectivity index (χ1n) is 8.96. The normalized spacial score (nSPS) is 15.3. The van der Waals surface area contributed by atoms with Crippen molar-refractivity contribution in [2.24, 2.45) is 0 Å². The highest BCUT2D eigenvalue weighted by Crippen LogP contribution is 2.32. The maximum absolute atomic E-state index is 13.0. The van der Waals surface area contributed by atoms with Crippen LogP contribution in [-0.4, -0.2) is 19.6 Å². The summed E-state index contributed by atoms with van der Waals surface area (Å²) in [6.45, 7) is 0.00750. The highest BCUT2D eigenvalue weighted by molar-refractivity contribution is 7.18. The quantitative estimate of drug-likeness (QED) is 0.422. The molecule has 3 aromatic rings. The number of nitrogens with zero attached hydrogens (tertiary/aromatic N) is 3. The lowest BCUT2D eigenvalue weighted by atomic mass is 10.1. The van der Waals surface area contributed by atoms with E-state index in [9.17, 15) is 20.0 Å². The maximum atomic E-state index is 13.0. The van der Waals surface area contributed by atoms with Gasteiger partial charge in [-0.1, -0.05) is 18.6 Å². The summed E-state index contributed by atoms with van der Waals surface area (Å²) >= 11 is 1.59. The van der Waals surface area contributed by atoms with Crippen molar-refractivity contribution in [3.05, 3.63) is 67.1 Å². The van der Waals surface area contributed by atoms with Crippen LogP contribution in [0.15, 0.2) is 35.4 Å². The number of non-ortho nitro benzene ring substituents is 1. The van der Waals surface area contributed by atoms with Gasteiger partial charge in [0.05, 0.1) is 29.3 Å². The average Bonchev–Trinajstić information content (AvgIpc) is 2.86. The number of nitro groups is 1. The smallest absolute Gasteiger partial charge is 0.269 e. The molecule has 27 heavy (non-hydrogen) atoms. The molecule has 2 heterocycles. The third kappa shape index (κ3) is 3.38. The first-order valence-corrected chi connectivity index (χ1v) is 9.78. The molecule has 0 radical (unpaired) electrons. The zero-order valence-electron chi connectivity index (χ0n) is 14.6. The first kappa shape index (κ1) is 17.8. The van der Waals surface area contributed by atoms with Gasteiger partial charge in [-0.3, -0.25) is 19.5 Å². The summed E-state index contributed by atoms with van der Waals surface area (Å²) in [4.78, 5) is 29.9. The molecular weight excluding hydrogens is 366 g/mol. The fourth-order valence-electron chi connectivity index (χ4n) is 3.63. The Morgan fingerprint density at radius 2 is 2.11 bits per heavy atom. The van der Waals surface area contributed by atoms with Crippen LogP contribution in [0.25, 0.3) is 10.2 Å². The molecule has 2 aromatic heterocycles. The number of aliphatic hydroxyl groups is 1. The number of aryl methyl sites for hydroxylation is 2. The average molecular weight is 385 g/mol. The van der Waals surface area contributed by atoms with E-state index in [0.29, 0.717) is 10.9 Å². The standard InChI is InChI=1S/C19H19N3O4S/c23-15(12-5-4-6-13(9-12)22(25)26)10-21-11-20-18-17(19(21)24)14-7-2-1-3-8-16(14)27-18/h4-6,9,11,15,23H,1-3,7-8,10H2. The van der Waals surface area contributed by atoms with E-state index in [4.69, 9.17) is 0 Å². The SMILES string of the molecule is O=c1c2c3c(sc2ncn1CC(O)c1cccc([N+](=O)[O-])c1)CCCCC3. The molecule has 140 valence electrons. The molecule has 0 spiro atoms. The van der Waals surface area contributed by atoms with E-state index in [2.05, 4.69) is 4.98 Å². The molecule has 8 heteroatoms. The molecule has 1 aliphatic rings. The number of hydrogen-bond acceptors (Lipinski definition) is 6. The fourth-order valence-corrected chi connectivity index (χ4v) is 4.84. The van der Waals surface area contributed by atoms with Crippen molar-refractivity contribution in [1.82, 2.24) is 9.55 Å². The van der Waals surface area contributed by atoms with Crippen molar-refractivity contribution in [2.75, 3.05) is 0 Å². The molecule has 0 amide bonds. The molecule has 1 aliphatic carbocycles. The van der Waals surface area contributed by atoms with Gasteiger partial charge in [0, 0.05) is 17.0 Å². The summed E-state index contributed by atoms with van der Waals surface area (Å²) in [7, 11) is 0. The minimum atomic E-state index is -1.03. The molecule has 1 aromatic carbocycles. The van der Waals surface area contributed by atoms with Gasteiger partial charge in [0.1, 0.15) is 4.83 Å². The van der Waals surface area contributed by atoms with Crippen molar-refractivity contribution in [2.45, 2.75) is 44.8 Å². The summed E-state index contributed by atoms with van der Waals surface area (Å²) in [5.41, 5.74) is 1.28. The van der Waals surface area contributed by atoms with Gasteiger partial charge < -0.3 is 5.11 Å². The summed E-state index contributed by atoms with van der Waals surface area (Å²) in [5, 5.41) is 22.1. The Balaban J connectivity index is 1.69. The third-order valence-electron chi connectivity index (χ3n) is 5.03. The van der Waals surface area contributed by atoms with Crippen LogP contribution in [0, 0.1) is 10.1 Å². The summed E-state index contributed by atoms with van der Waals surface area (Å²) in [6.07, 6.45) is 5.70. The van der Waals surface area contributed by atoms with Gasteiger partial charge in [-0.2, -0.15) is 0 Å². The van der Waals surface area contributed by atoms with Crippen LogP contribution in [-0.2, 0) is 19.4 Å². The Bertz CT molecular complexity index is 1070. The van der Waals surface area contributed by atoms with Crippen LogP contribution in [0.2, 0.25) is 0 Å². The Hall–Kier alpha value is -2.58. The van der Waals surface area contributed by atoms with Gasteiger partial charge in [0.2, 0.25) is 0 Å². The molecule has 1 atom stereocenters. The minimum Gasteiger partial charge on any atom is -0.387 e. The highest BCUT2D eigenvalue weighted by Gasteiger charge is 2.20. The number of hydrogen-bond donors (Lipinski definition) is 1. The maximum Gasteiger partial charge on any atom is 0.269 e. The second kappa shape index (κ2) is 7.21. The number of thiophene rings is 1. The molecule has 4 rings (SSSR count). The third-order valence-corrected chi connectivity index (χ3v) is 6.23. The summed E-state index contributed by atoms with van der Waals surface area (Å²) in [6, 6.07) is 5.85. The van der Waals surface area contributed by atoms with Gasteiger partial charge in [-0.05, 0) is 36.8 Å². The van der Waals surface area contributed by atoms with E-state index in [0.717, 1.165) is 36.1 Å². The number of rotatable bonds is 4. The Morgan fingerprint density at radius 1 is 1.30 bits per heavy atom. The molecule has 0 fully saturated rings. The van der Waals surface area contributed by atoms with Crippen LogP contribution in [0.3, 0.4) is 0 Å². The predicted molar refractivity (Wildman–Crippen MR) is 103 cm³/mol. The Labute approximate surface area is 159 Å². The molecule has 0 aliphatic heterocycles. The van der Waals surface area contributed by atoms with E-state index in [1.165, 1.54) is 40.4 Å². The van der Waals surface area contributed by atoms with E-state index >= 15 is 0 Å². The monoisotopic (exact) mass is 385 g/mol. The summed E-state index contributed by atoms with van der Waals surface area (Å²) in [5.74, 6) is 0. The molecule has 0 bridgehead atoms. The van der Waals surface area contributed by atoms with Crippen molar-refractivity contribution in [1.29, 1.82) is 0 Å². The first-order chi connectivity index (χ1) is 13.0. The molecule has 1 unspecified atom stereocenters. The largest absolute Gasteiger partial charge is 0.387 e. The Morgan fingerprint density at radius 3 is 2.93 bits per heavy atom. The van der Waals surface area contributed by atoms with Gasteiger partial charge in [-0.15, -0.1) is 11.3 Å². The van der Waals surface area contributed by atoms with E-state index in [1.807, 2.05) is 0 Å². The van der Waals surface area contributed by atoms with E-state index < -0.39 is 11.0 Å². The van der Waals surface area contributed by atoms with Crippen molar-refractivity contribution in [3.8, 4) is 0 Å².